The monoisotopic (exact) mass is 397 g/mol. The summed E-state index contributed by atoms with van der Waals surface area (Å²) in [5, 5.41) is 13.8. The van der Waals surface area contributed by atoms with E-state index in [1.54, 1.807) is 31.2 Å². The molecule has 142 valence electrons. The van der Waals surface area contributed by atoms with E-state index >= 15 is 0 Å². The average Bonchev–Trinajstić information content (AvgIpc) is 3.05. The van der Waals surface area contributed by atoms with Gasteiger partial charge in [-0.05, 0) is 30.7 Å². The standard InChI is InChI=1S/C18H15N5O4S/c1-10-22-23-16(24)7-13(21-18(23)28-10)9-27-14-4-3-11(6-15(14)26-2)5-12(8-19)17(20)25/h3-7H,9H2,1-2H3,(H2,20,25). The van der Waals surface area contributed by atoms with E-state index < -0.39 is 5.91 Å². The van der Waals surface area contributed by atoms with Crippen LogP contribution >= 0.6 is 11.3 Å². The van der Waals surface area contributed by atoms with Gasteiger partial charge in [-0.1, -0.05) is 17.4 Å². The van der Waals surface area contributed by atoms with E-state index in [0.29, 0.717) is 27.7 Å². The van der Waals surface area contributed by atoms with Crippen molar-refractivity contribution in [1.29, 1.82) is 5.26 Å². The highest BCUT2D eigenvalue weighted by atomic mass is 32.1. The minimum absolute atomic E-state index is 0.0545. The van der Waals surface area contributed by atoms with E-state index in [-0.39, 0.29) is 17.7 Å². The number of fused-ring (bicyclic) bond motifs is 1. The van der Waals surface area contributed by atoms with Crippen molar-refractivity contribution < 1.29 is 14.3 Å². The molecule has 0 unspecified atom stereocenters. The van der Waals surface area contributed by atoms with Crippen molar-refractivity contribution in [2.45, 2.75) is 13.5 Å². The predicted molar refractivity (Wildman–Crippen MR) is 102 cm³/mol. The van der Waals surface area contributed by atoms with Crippen molar-refractivity contribution >= 4 is 28.3 Å². The van der Waals surface area contributed by atoms with Gasteiger partial charge in [0.2, 0.25) is 4.96 Å². The second-order valence-corrected chi connectivity index (χ2v) is 6.79. The highest BCUT2D eigenvalue weighted by Crippen LogP contribution is 2.29. The Hall–Kier alpha value is -3.71. The molecule has 0 aliphatic rings. The maximum Gasteiger partial charge on any atom is 0.275 e. The summed E-state index contributed by atoms with van der Waals surface area (Å²) >= 11 is 1.31. The Balaban J connectivity index is 1.84. The third kappa shape index (κ3) is 3.99. The van der Waals surface area contributed by atoms with Gasteiger partial charge in [-0.2, -0.15) is 14.9 Å². The van der Waals surface area contributed by atoms with Gasteiger partial charge in [0.25, 0.3) is 11.5 Å². The number of nitriles is 1. The molecule has 3 rings (SSSR count). The van der Waals surface area contributed by atoms with Gasteiger partial charge in [0.1, 0.15) is 23.3 Å². The first-order chi connectivity index (χ1) is 13.4. The molecule has 0 aliphatic carbocycles. The summed E-state index contributed by atoms with van der Waals surface area (Å²) in [7, 11) is 1.46. The van der Waals surface area contributed by atoms with Crippen molar-refractivity contribution in [1.82, 2.24) is 14.6 Å². The van der Waals surface area contributed by atoms with Crippen LogP contribution in [0.2, 0.25) is 0 Å². The number of rotatable bonds is 6. The number of ether oxygens (including phenoxy) is 2. The Kier molecular flexibility index (Phi) is 5.37. The second-order valence-electron chi connectivity index (χ2n) is 5.63. The summed E-state index contributed by atoms with van der Waals surface area (Å²) in [5.41, 5.74) is 5.69. The SMILES string of the molecule is COc1cc(C=C(C#N)C(N)=O)ccc1OCc1cc(=O)n2nc(C)sc2n1. The summed E-state index contributed by atoms with van der Waals surface area (Å²) in [6.45, 7) is 1.85. The van der Waals surface area contributed by atoms with Crippen LogP contribution in [0.1, 0.15) is 16.3 Å². The maximum atomic E-state index is 12.1. The van der Waals surface area contributed by atoms with Crippen LogP contribution in [0.15, 0.2) is 34.6 Å². The van der Waals surface area contributed by atoms with Crippen molar-refractivity contribution in [3.05, 3.63) is 56.5 Å². The quantitative estimate of drug-likeness (QED) is 0.491. The number of hydrogen-bond donors (Lipinski definition) is 1. The molecule has 0 atom stereocenters. The van der Waals surface area contributed by atoms with Crippen LogP contribution < -0.4 is 20.8 Å². The number of benzene rings is 1. The van der Waals surface area contributed by atoms with Crippen LogP contribution in [0.25, 0.3) is 11.0 Å². The number of nitrogens with two attached hydrogens (primary N) is 1. The zero-order valence-corrected chi connectivity index (χ0v) is 15.8. The number of carbonyl (C=O) groups is 1. The predicted octanol–water partition coefficient (Wildman–Crippen LogP) is 1.44. The van der Waals surface area contributed by atoms with Crippen LogP contribution in [0.3, 0.4) is 0 Å². The normalized spacial score (nSPS) is 11.2. The van der Waals surface area contributed by atoms with Crippen LogP contribution in [-0.2, 0) is 11.4 Å². The molecule has 28 heavy (non-hydrogen) atoms. The molecule has 0 radical (unpaired) electrons. The molecule has 0 fully saturated rings. The zero-order chi connectivity index (χ0) is 20.3. The van der Waals surface area contributed by atoms with Gasteiger partial charge in [0.05, 0.1) is 12.8 Å². The Bertz CT molecular complexity index is 1190. The van der Waals surface area contributed by atoms with Gasteiger partial charge >= 0.3 is 0 Å². The molecule has 2 N–H and O–H groups in total. The van der Waals surface area contributed by atoms with Gasteiger partial charge in [-0.15, -0.1) is 0 Å². The van der Waals surface area contributed by atoms with Crippen molar-refractivity contribution in [2.75, 3.05) is 7.11 Å². The molecule has 0 spiro atoms. The third-order valence-electron chi connectivity index (χ3n) is 3.66. The van der Waals surface area contributed by atoms with E-state index in [2.05, 4.69) is 10.1 Å². The van der Waals surface area contributed by atoms with Crippen LogP contribution in [0.5, 0.6) is 11.5 Å². The molecule has 0 aliphatic heterocycles. The number of aryl methyl sites for hydroxylation is 1. The molecule has 0 saturated heterocycles. The summed E-state index contributed by atoms with van der Waals surface area (Å²) in [6, 6.07) is 7.99. The number of nitrogens with zero attached hydrogens (tertiary/aromatic N) is 4. The van der Waals surface area contributed by atoms with Crippen molar-refractivity contribution in [3.8, 4) is 17.6 Å². The van der Waals surface area contributed by atoms with Crippen LogP contribution in [0, 0.1) is 18.3 Å². The first-order valence-electron chi connectivity index (χ1n) is 8.00. The van der Waals surface area contributed by atoms with Crippen LogP contribution in [-0.4, -0.2) is 27.6 Å². The Morgan fingerprint density at radius 2 is 2.18 bits per heavy atom. The molecule has 2 heterocycles. The van der Waals surface area contributed by atoms with E-state index in [4.69, 9.17) is 20.5 Å². The fourth-order valence-corrected chi connectivity index (χ4v) is 3.16. The maximum absolute atomic E-state index is 12.1. The Morgan fingerprint density at radius 3 is 2.86 bits per heavy atom. The molecule has 10 heteroatoms. The molecule has 9 nitrogen and oxygen atoms in total. The number of methoxy groups -OCH3 is 1. The van der Waals surface area contributed by atoms with Crippen molar-refractivity contribution in [2.24, 2.45) is 5.73 Å². The van der Waals surface area contributed by atoms with Gasteiger partial charge in [-0.25, -0.2) is 4.98 Å². The lowest BCUT2D eigenvalue weighted by atomic mass is 10.1. The molecular formula is C18H15N5O4S. The van der Waals surface area contributed by atoms with E-state index in [9.17, 15) is 9.59 Å². The fraction of sp³-hybridized carbons (Fsp3) is 0.167. The van der Waals surface area contributed by atoms with Gasteiger partial charge < -0.3 is 15.2 Å². The number of aromatic nitrogens is 3. The van der Waals surface area contributed by atoms with Crippen molar-refractivity contribution in [3.63, 3.8) is 0 Å². The first-order valence-corrected chi connectivity index (χ1v) is 8.81. The summed E-state index contributed by atoms with van der Waals surface area (Å²) in [5.74, 6) is -0.00508. The Morgan fingerprint density at radius 1 is 1.39 bits per heavy atom. The summed E-state index contributed by atoms with van der Waals surface area (Å²) in [4.78, 5) is 28.1. The van der Waals surface area contributed by atoms with Gasteiger partial charge in [0.15, 0.2) is 11.5 Å². The van der Waals surface area contributed by atoms with E-state index in [1.165, 1.54) is 35.1 Å². The van der Waals surface area contributed by atoms with Crippen LogP contribution in [0.4, 0.5) is 0 Å². The molecule has 0 bridgehead atoms. The van der Waals surface area contributed by atoms with Gasteiger partial charge in [-0.3, -0.25) is 9.59 Å². The topological polar surface area (TPSA) is 133 Å². The fourth-order valence-electron chi connectivity index (χ4n) is 2.40. The number of primary amides is 1. The molecule has 0 saturated carbocycles. The largest absolute Gasteiger partial charge is 0.493 e. The smallest absolute Gasteiger partial charge is 0.275 e. The molecule has 1 aromatic carbocycles. The minimum atomic E-state index is -0.812. The number of hydrogen-bond acceptors (Lipinski definition) is 8. The summed E-state index contributed by atoms with van der Waals surface area (Å²) < 4.78 is 12.3. The van der Waals surface area contributed by atoms with E-state index in [0.717, 1.165) is 5.01 Å². The first kappa shape index (κ1) is 19.1. The van der Waals surface area contributed by atoms with E-state index in [1.807, 2.05) is 0 Å². The zero-order valence-electron chi connectivity index (χ0n) is 15.0. The minimum Gasteiger partial charge on any atom is -0.493 e. The molecular weight excluding hydrogens is 382 g/mol. The average molecular weight is 397 g/mol. The lowest BCUT2D eigenvalue weighted by Crippen LogP contribution is -2.16. The summed E-state index contributed by atoms with van der Waals surface area (Å²) in [6.07, 6.45) is 1.36. The molecule has 3 aromatic rings. The highest BCUT2D eigenvalue weighted by molar-refractivity contribution is 7.16. The lowest BCUT2D eigenvalue weighted by molar-refractivity contribution is -0.114. The second kappa shape index (κ2) is 7.89. The molecule has 1 amide bonds. The number of amides is 1. The lowest BCUT2D eigenvalue weighted by Gasteiger charge is -2.11. The number of carbonyl (C=O) groups excluding carboxylic acids is 1. The van der Waals surface area contributed by atoms with Gasteiger partial charge in [0, 0.05) is 6.07 Å². The highest BCUT2D eigenvalue weighted by Gasteiger charge is 2.11. The Labute approximate surface area is 163 Å². The molecule has 2 aromatic heterocycles. The third-order valence-corrected chi connectivity index (χ3v) is 4.48.